The molecule has 1 aromatic rings. The normalized spacial score (nSPS) is 11.9. The Morgan fingerprint density at radius 1 is 1.48 bits per heavy atom. The Morgan fingerprint density at radius 3 is 2.76 bits per heavy atom. The van der Waals surface area contributed by atoms with Gasteiger partial charge in [-0.2, -0.15) is 0 Å². The highest BCUT2D eigenvalue weighted by Crippen LogP contribution is 2.37. The summed E-state index contributed by atoms with van der Waals surface area (Å²) in [6.07, 6.45) is 1.07. The smallest absolute Gasteiger partial charge is 0.223 e. The highest BCUT2D eigenvalue weighted by molar-refractivity contribution is 9.10. The van der Waals surface area contributed by atoms with E-state index in [2.05, 4.69) is 21.2 Å². The van der Waals surface area contributed by atoms with Crippen LogP contribution in [0.4, 0.5) is 0 Å². The average Bonchev–Trinajstić information content (AvgIpc) is 2.40. The van der Waals surface area contributed by atoms with Crippen molar-refractivity contribution < 1.29 is 14.3 Å². The first kappa shape index (κ1) is 17.8. The molecule has 0 bridgehead atoms. The van der Waals surface area contributed by atoms with Crippen LogP contribution in [0.25, 0.3) is 0 Å². The molecule has 6 heteroatoms. The lowest BCUT2D eigenvalue weighted by atomic mass is 10.1. The number of ether oxygens (including phenoxy) is 2. The van der Waals surface area contributed by atoms with Crippen molar-refractivity contribution in [3.63, 3.8) is 0 Å². The van der Waals surface area contributed by atoms with Crippen LogP contribution >= 0.6 is 15.9 Å². The van der Waals surface area contributed by atoms with Gasteiger partial charge in [-0.05, 0) is 53.9 Å². The molecule has 0 aromatic heterocycles. The summed E-state index contributed by atoms with van der Waals surface area (Å²) >= 11 is 3.48. The van der Waals surface area contributed by atoms with E-state index in [1.54, 1.807) is 7.11 Å². The third-order valence-corrected chi connectivity index (χ3v) is 3.39. The van der Waals surface area contributed by atoms with E-state index in [0.29, 0.717) is 31.1 Å². The first-order valence-electron chi connectivity index (χ1n) is 6.99. The average molecular weight is 359 g/mol. The molecule has 0 aliphatic rings. The number of nitrogens with two attached hydrogens (primary N) is 1. The molecule has 118 valence electrons. The fraction of sp³-hybridized carbons (Fsp3) is 0.533. The van der Waals surface area contributed by atoms with E-state index in [1.807, 2.05) is 26.0 Å². The number of rotatable bonds is 8. The Hall–Kier alpha value is -1.27. The molecule has 0 aliphatic carbocycles. The molecular weight excluding hydrogens is 336 g/mol. The van der Waals surface area contributed by atoms with E-state index in [0.717, 1.165) is 16.5 Å². The molecule has 0 radical (unpaired) electrons. The summed E-state index contributed by atoms with van der Waals surface area (Å²) in [7, 11) is 1.59. The van der Waals surface area contributed by atoms with Crippen molar-refractivity contribution in [2.45, 2.75) is 32.7 Å². The summed E-state index contributed by atoms with van der Waals surface area (Å²) in [5.74, 6) is 1.22. The van der Waals surface area contributed by atoms with Crippen LogP contribution in [-0.4, -0.2) is 32.2 Å². The molecule has 21 heavy (non-hydrogen) atoms. The summed E-state index contributed by atoms with van der Waals surface area (Å²) in [5, 5.41) is 2.73. The summed E-state index contributed by atoms with van der Waals surface area (Å²) in [6, 6.07) is 3.95. The van der Waals surface area contributed by atoms with Gasteiger partial charge in [0.1, 0.15) is 0 Å². The molecule has 5 nitrogen and oxygen atoms in total. The SMILES string of the molecule is CCNC(=O)CCOc1c(Br)cc(CC(C)N)cc1OC. The second-order valence-electron chi connectivity index (χ2n) is 4.84. The van der Waals surface area contributed by atoms with E-state index in [1.165, 1.54) is 0 Å². The number of hydrogen-bond donors (Lipinski definition) is 2. The Morgan fingerprint density at radius 2 is 2.19 bits per heavy atom. The van der Waals surface area contributed by atoms with Crippen molar-refractivity contribution >= 4 is 21.8 Å². The van der Waals surface area contributed by atoms with Gasteiger partial charge in [-0.25, -0.2) is 0 Å². The molecule has 0 aliphatic heterocycles. The predicted octanol–water partition coefficient (Wildman–Crippen LogP) is 2.25. The van der Waals surface area contributed by atoms with Gasteiger partial charge in [-0.1, -0.05) is 0 Å². The molecule has 3 N–H and O–H groups in total. The molecule has 1 aromatic carbocycles. The van der Waals surface area contributed by atoms with Crippen molar-refractivity contribution in [3.8, 4) is 11.5 Å². The number of carbonyl (C=O) groups excluding carboxylic acids is 1. The lowest BCUT2D eigenvalue weighted by Crippen LogP contribution is -2.24. The number of amides is 1. The van der Waals surface area contributed by atoms with Crippen molar-refractivity contribution in [1.29, 1.82) is 0 Å². The van der Waals surface area contributed by atoms with Gasteiger partial charge in [0.2, 0.25) is 5.91 Å². The van der Waals surface area contributed by atoms with Crippen LogP contribution in [0, 0.1) is 0 Å². The van der Waals surface area contributed by atoms with E-state index in [9.17, 15) is 4.79 Å². The Labute approximate surface area is 134 Å². The van der Waals surface area contributed by atoms with E-state index in [4.69, 9.17) is 15.2 Å². The largest absolute Gasteiger partial charge is 0.493 e. The summed E-state index contributed by atoms with van der Waals surface area (Å²) in [5.41, 5.74) is 6.89. The van der Waals surface area contributed by atoms with Crippen molar-refractivity contribution in [3.05, 3.63) is 22.2 Å². The minimum absolute atomic E-state index is 0.0267. The monoisotopic (exact) mass is 358 g/mol. The highest BCUT2D eigenvalue weighted by atomic mass is 79.9. The summed E-state index contributed by atoms with van der Waals surface area (Å²) in [4.78, 5) is 11.4. The second kappa shape index (κ2) is 8.89. The summed E-state index contributed by atoms with van der Waals surface area (Å²) in [6.45, 7) is 4.76. The Balaban J connectivity index is 2.75. The van der Waals surface area contributed by atoms with Gasteiger partial charge in [-0.3, -0.25) is 4.79 Å². The van der Waals surface area contributed by atoms with Gasteiger partial charge in [0.25, 0.3) is 0 Å². The van der Waals surface area contributed by atoms with Crippen LogP contribution in [0.2, 0.25) is 0 Å². The zero-order valence-electron chi connectivity index (χ0n) is 12.7. The van der Waals surface area contributed by atoms with Gasteiger partial charge < -0.3 is 20.5 Å². The number of nitrogens with one attached hydrogen (secondary N) is 1. The highest BCUT2D eigenvalue weighted by Gasteiger charge is 2.13. The van der Waals surface area contributed by atoms with Gasteiger partial charge in [0.15, 0.2) is 11.5 Å². The first-order valence-corrected chi connectivity index (χ1v) is 7.78. The minimum Gasteiger partial charge on any atom is -0.493 e. The Bertz CT molecular complexity index is 478. The maximum atomic E-state index is 11.4. The lowest BCUT2D eigenvalue weighted by molar-refractivity contribution is -0.121. The molecule has 0 fully saturated rings. The van der Waals surface area contributed by atoms with Crippen molar-refractivity contribution in [1.82, 2.24) is 5.32 Å². The fourth-order valence-corrected chi connectivity index (χ4v) is 2.54. The van der Waals surface area contributed by atoms with Crippen LogP contribution in [0.15, 0.2) is 16.6 Å². The number of benzene rings is 1. The van der Waals surface area contributed by atoms with Crippen LogP contribution < -0.4 is 20.5 Å². The minimum atomic E-state index is -0.0267. The van der Waals surface area contributed by atoms with Crippen LogP contribution in [-0.2, 0) is 11.2 Å². The molecule has 1 atom stereocenters. The number of halogens is 1. The maximum Gasteiger partial charge on any atom is 0.223 e. The van der Waals surface area contributed by atoms with Crippen LogP contribution in [0.1, 0.15) is 25.8 Å². The molecule has 0 spiro atoms. The molecule has 0 saturated heterocycles. The van der Waals surface area contributed by atoms with Crippen molar-refractivity contribution in [2.24, 2.45) is 5.73 Å². The van der Waals surface area contributed by atoms with Crippen LogP contribution in [0.3, 0.4) is 0 Å². The summed E-state index contributed by atoms with van der Waals surface area (Å²) < 4.78 is 11.8. The fourth-order valence-electron chi connectivity index (χ4n) is 1.93. The number of methoxy groups -OCH3 is 1. The Kier molecular flexibility index (Phi) is 7.53. The molecule has 0 heterocycles. The molecule has 0 saturated carbocycles. The topological polar surface area (TPSA) is 73.6 Å². The predicted molar refractivity (Wildman–Crippen MR) is 86.8 cm³/mol. The standard InChI is InChI=1S/C15H23BrN2O3/c1-4-18-14(19)5-6-21-15-12(16)8-11(7-10(2)17)9-13(15)20-3/h8-10H,4-7,17H2,1-3H3,(H,18,19). The van der Waals surface area contributed by atoms with Crippen molar-refractivity contribution in [2.75, 3.05) is 20.3 Å². The van der Waals surface area contributed by atoms with E-state index < -0.39 is 0 Å². The van der Waals surface area contributed by atoms with Gasteiger partial charge in [0.05, 0.1) is 24.6 Å². The molecular formula is C15H23BrN2O3. The number of carbonyl (C=O) groups is 1. The third-order valence-electron chi connectivity index (χ3n) is 2.80. The molecule has 1 unspecified atom stereocenters. The van der Waals surface area contributed by atoms with Crippen LogP contribution in [0.5, 0.6) is 11.5 Å². The zero-order valence-corrected chi connectivity index (χ0v) is 14.3. The molecule has 1 rings (SSSR count). The van der Waals surface area contributed by atoms with Gasteiger partial charge in [0, 0.05) is 12.6 Å². The van der Waals surface area contributed by atoms with Gasteiger partial charge in [-0.15, -0.1) is 0 Å². The second-order valence-corrected chi connectivity index (χ2v) is 5.70. The van der Waals surface area contributed by atoms with E-state index in [-0.39, 0.29) is 11.9 Å². The van der Waals surface area contributed by atoms with Gasteiger partial charge >= 0.3 is 0 Å². The third kappa shape index (κ3) is 5.93. The lowest BCUT2D eigenvalue weighted by Gasteiger charge is -2.15. The first-order chi connectivity index (χ1) is 9.97. The quantitative estimate of drug-likeness (QED) is 0.747. The zero-order chi connectivity index (χ0) is 15.8. The van der Waals surface area contributed by atoms with E-state index >= 15 is 0 Å². The number of hydrogen-bond acceptors (Lipinski definition) is 4. The maximum absolute atomic E-state index is 11.4. The molecule has 1 amide bonds.